The molecular formula is C11H18N4O. The topological polar surface area (TPSA) is 66.0 Å². The van der Waals surface area contributed by atoms with E-state index >= 15 is 0 Å². The molecule has 5 nitrogen and oxygen atoms in total. The second-order valence-corrected chi connectivity index (χ2v) is 5.16. The second-order valence-electron chi connectivity index (χ2n) is 5.16. The summed E-state index contributed by atoms with van der Waals surface area (Å²) in [6.07, 6.45) is 7.09. The lowest BCUT2D eigenvalue weighted by molar-refractivity contribution is 0.0632. The summed E-state index contributed by atoms with van der Waals surface area (Å²) in [7, 11) is 1.89. The lowest BCUT2D eigenvalue weighted by atomic mass is 9.71. The Kier molecular flexibility index (Phi) is 2.26. The molecule has 3 heterocycles. The van der Waals surface area contributed by atoms with Crippen LogP contribution in [0.5, 0.6) is 0 Å². The fourth-order valence-electron chi connectivity index (χ4n) is 3.20. The number of ether oxygens (including phenoxy) is 1. The molecule has 0 aromatic carbocycles. The van der Waals surface area contributed by atoms with Crippen LogP contribution in [0, 0.1) is 5.41 Å². The van der Waals surface area contributed by atoms with Crippen molar-refractivity contribution in [2.45, 2.75) is 37.9 Å². The van der Waals surface area contributed by atoms with Crippen LogP contribution >= 0.6 is 0 Å². The van der Waals surface area contributed by atoms with Gasteiger partial charge in [-0.2, -0.15) is 0 Å². The molecule has 0 saturated carbocycles. The van der Waals surface area contributed by atoms with Gasteiger partial charge < -0.3 is 10.5 Å². The molecule has 1 aromatic rings. The van der Waals surface area contributed by atoms with Gasteiger partial charge >= 0.3 is 0 Å². The molecule has 3 rings (SSSR count). The van der Waals surface area contributed by atoms with E-state index in [9.17, 15) is 0 Å². The first-order valence-corrected chi connectivity index (χ1v) is 5.92. The zero-order chi connectivity index (χ0) is 11.2. The Labute approximate surface area is 95.0 Å². The molecule has 16 heavy (non-hydrogen) atoms. The number of hydrogen-bond donors (Lipinski definition) is 1. The van der Waals surface area contributed by atoms with Gasteiger partial charge in [0.05, 0.1) is 17.9 Å². The number of aromatic nitrogens is 3. The molecule has 5 heteroatoms. The number of rotatable bonds is 3. The first kappa shape index (κ1) is 10.2. The van der Waals surface area contributed by atoms with E-state index in [1.165, 1.54) is 6.42 Å². The van der Waals surface area contributed by atoms with E-state index in [1.807, 2.05) is 13.2 Å². The van der Waals surface area contributed by atoms with Crippen LogP contribution in [0.3, 0.4) is 0 Å². The predicted octanol–water partition coefficient (Wildman–Crippen LogP) is 0.254. The van der Waals surface area contributed by atoms with Gasteiger partial charge in [-0.15, -0.1) is 5.10 Å². The molecule has 2 aliphatic rings. The highest BCUT2D eigenvalue weighted by Gasteiger charge is 2.51. The average Bonchev–Trinajstić information content (AvgIpc) is 2.94. The van der Waals surface area contributed by atoms with E-state index in [-0.39, 0.29) is 5.41 Å². The van der Waals surface area contributed by atoms with Crippen LogP contribution in [-0.4, -0.2) is 33.7 Å². The normalized spacial score (nSPS) is 37.1. The maximum atomic E-state index is 5.97. The Hall–Kier alpha value is -0.940. The van der Waals surface area contributed by atoms with E-state index in [2.05, 4.69) is 10.3 Å². The summed E-state index contributed by atoms with van der Waals surface area (Å²) in [5.41, 5.74) is 7.12. The first-order chi connectivity index (χ1) is 7.72. The second kappa shape index (κ2) is 3.53. The summed E-state index contributed by atoms with van der Waals surface area (Å²) in [5, 5.41) is 8.13. The molecule has 2 bridgehead atoms. The number of fused-ring (bicyclic) bond motifs is 2. The molecule has 3 atom stereocenters. The fraction of sp³-hybridized carbons (Fsp3) is 0.818. The van der Waals surface area contributed by atoms with Crippen molar-refractivity contribution in [2.24, 2.45) is 18.2 Å². The smallest absolute Gasteiger partial charge is 0.0834 e. The van der Waals surface area contributed by atoms with E-state index in [1.54, 1.807) is 4.68 Å². The summed E-state index contributed by atoms with van der Waals surface area (Å²) >= 11 is 0. The molecule has 0 aliphatic carbocycles. The molecule has 0 radical (unpaired) electrons. The Morgan fingerprint density at radius 1 is 1.62 bits per heavy atom. The summed E-state index contributed by atoms with van der Waals surface area (Å²) in [4.78, 5) is 0. The van der Waals surface area contributed by atoms with Gasteiger partial charge in [0.25, 0.3) is 0 Å². The van der Waals surface area contributed by atoms with E-state index in [0.717, 1.165) is 25.0 Å². The molecule has 2 N–H and O–H groups in total. The van der Waals surface area contributed by atoms with Gasteiger partial charge in [-0.25, -0.2) is 0 Å². The molecule has 0 amide bonds. The summed E-state index contributed by atoms with van der Waals surface area (Å²) in [6.45, 7) is 0.685. The van der Waals surface area contributed by atoms with Crippen LogP contribution in [0.25, 0.3) is 0 Å². The van der Waals surface area contributed by atoms with E-state index < -0.39 is 0 Å². The minimum absolute atomic E-state index is 0.110. The molecule has 2 saturated heterocycles. The van der Waals surface area contributed by atoms with Gasteiger partial charge in [-0.3, -0.25) is 4.68 Å². The molecule has 1 aromatic heterocycles. The van der Waals surface area contributed by atoms with Gasteiger partial charge in [0.15, 0.2) is 0 Å². The zero-order valence-electron chi connectivity index (χ0n) is 9.59. The number of nitrogens with two attached hydrogens (primary N) is 1. The summed E-state index contributed by atoms with van der Waals surface area (Å²) in [6, 6.07) is 0. The van der Waals surface area contributed by atoms with Gasteiger partial charge in [0.1, 0.15) is 0 Å². The average molecular weight is 222 g/mol. The largest absolute Gasteiger partial charge is 0.374 e. The van der Waals surface area contributed by atoms with Crippen molar-refractivity contribution >= 4 is 0 Å². The quantitative estimate of drug-likeness (QED) is 0.796. The van der Waals surface area contributed by atoms with Crippen LogP contribution in [0.4, 0.5) is 0 Å². The number of nitrogens with zero attached hydrogens (tertiary/aromatic N) is 3. The van der Waals surface area contributed by atoms with E-state index in [0.29, 0.717) is 18.8 Å². The summed E-state index contributed by atoms with van der Waals surface area (Å²) in [5.74, 6) is 0. The maximum absolute atomic E-state index is 5.97. The monoisotopic (exact) mass is 222 g/mol. The Bertz CT molecular complexity index is 391. The van der Waals surface area contributed by atoms with Gasteiger partial charge in [-0.05, 0) is 19.3 Å². The third-order valence-corrected chi connectivity index (χ3v) is 4.01. The van der Waals surface area contributed by atoms with Crippen LogP contribution in [0.2, 0.25) is 0 Å². The van der Waals surface area contributed by atoms with Crippen molar-refractivity contribution in [3.63, 3.8) is 0 Å². The van der Waals surface area contributed by atoms with Crippen LogP contribution in [0.1, 0.15) is 25.0 Å². The molecule has 2 fully saturated rings. The van der Waals surface area contributed by atoms with Crippen molar-refractivity contribution in [3.05, 3.63) is 11.9 Å². The third-order valence-electron chi connectivity index (χ3n) is 4.01. The molecule has 3 unspecified atom stereocenters. The fourth-order valence-corrected chi connectivity index (χ4v) is 3.20. The maximum Gasteiger partial charge on any atom is 0.0834 e. The van der Waals surface area contributed by atoms with Gasteiger partial charge in [0, 0.05) is 31.6 Å². The molecule has 2 aliphatic heterocycles. The highest BCUT2D eigenvalue weighted by Crippen LogP contribution is 2.48. The van der Waals surface area contributed by atoms with Crippen molar-refractivity contribution in [1.29, 1.82) is 0 Å². The molecular weight excluding hydrogens is 204 g/mol. The standard InChI is InChI=1S/C11H18N4O/c1-15-6-8(13-14-15)4-11(7-12)5-9-2-3-10(11)16-9/h6,9-10H,2-5,7,12H2,1H3. The van der Waals surface area contributed by atoms with Crippen molar-refractivity contribution in [3.8, 4) is 0 Å². The third kappa shape index (κ3) is 1.46. The predicted molar refractivity (Wildman–Crippen MR) is 58.7 cm³/mol. The van der Waals surface area contributed by atoms with Gasteiger partial charge in [0.2, 0.25) is 0 Å². The highest BCUT2D eigenvalue weighted by molar-refractivity contribution is 5.08. The SMILES string of the molecule is Cn1cc(CC2(CN)CC3CCC2O3)nn1. The van der Waals surface area contributed by atoms with Crippen LogP contribution < -0.4 is 5.73 Å². The van der Waals surface area contributed by atoms with Crippen molar-refractivity contribution in [2.75, 3.05) is 6.54 Å². The molecule has 88 valence electrons. The lowest BCUT2D eigenvalue weighted by Gasteiger charge is -2.33. The van der Waals surface area contributed by atoms with Crippen LogP contribution in [-0.2, 0) is 18.2 Å². The minimum atomic E-state index is 0.110. The number of aryl methyl sites for hydroxylation is 1. The first-order valence-electron chi connectivity index (χ1n) is 5.92. The van der Waals surface area contributed by atoms with Crippen molar-refractivity contribution in [1.82, 2.24) is 15.0 Å². The highest BCUT2D eigenvalue weighted by atomic mass is 16.5. The summed E-state index contributed by atoms with van der Waals surface area (Å²) < 4.78 is 7.67. The lowest BCUT2D eigenvalue weighted by Crippen LogP contribution is -2.41. The Morgan fingerprint density at radius 3 is 3.00 bits per heavy atom. The molecule has 0 spiro atoms. The van der Waals surface area contributed by atoms with E-state index in [4.69, 9.17) is 10.5 Å². The van der Waals surface area contributed by atoms with Crippen LogP contribution in [0.15, 0.2) is 6.20 Å². The Balaban J connectivity index is 1.81. The van der Waals surface area contributed by atoms with Gasteiger partial charge in [-0.1, -0.05) is 5.21 Å². The number of hydrogen-bond acceptors (Lipinski definition) is 4. The van der Waals surface area contributed by atoms with Crippen molar-refractivity contribution < 1.29 is 4.74 Å². The Morgan fingerprint density at radius 2 is 2.50 bits per heavy atom. The minimum Gasteiger partial charge on any atom is -0.374 e. The zero-order valence-corrected chi connectivity index (χ0v) is 9.59.